The van der Waals surface area contributed by atoms with Crippen LogP contribution in [0.5, 0.6) is 5.75 Å². The lowest BCUT2D eigenvalue weighted by Gasteiger charge is -2.26. The van der Waals surface area contributed by atoms with Crippen molar-refractivity contribution in [2.75, 3.05) is 19.7 Å². The number of hydrogen-bond donors (Lipinski definition) is 1. The van der Waals surface area contributed by atoms with Crippen molar-refractivity contribution < 1.29 is 9.84 Å². The summed E-state index contributed by atoms with van der Waals surface area (Å²) in [4.78, 5) is 2.30. The highest BCUT2D eigenvalue weighted by atomic mass is 16.5. The van der Waals surface area contributed by atoms with E-state index >= 15 is 0 Å². The van der Waals surface area contributed by atoms with Gasteiger partial charge in [-0.25, -0.2) is 0 Å². The van der Waals surface area contributed by atoms with Crippen LogP contribution < -0.4 is 4.74 Å². The molecule has 1 aromatic carbocycles. The molecule has 1 fully saturated rings. The predicted molar refractivity (Wildman–Crippen MR) is 89.4 cm³/mol. The predicted octanol–water partition coefficient (Wildman–Crippen LogP) is 1.87. The standard InChI is InChI=1S/C18H22N4O2/c1-21-11-15(10-20-21)18-3-2-8-22(18)12-16(23)13-24-17-6-4-14(9-19)5-7-17/h4-7,10-11,16,18,23H,2-3,8,12-13H2,1H3/t16-,18+/m1/s1. The minimum Gasteiger partial charge on any atom is -0.491 e. The second-order valence-electron chi connectivity index (χ2n) is 6.20. The number of aryl methyl sites for hydroxylation is 1. The third-order valence-corrected chi connectivity index (χ3v) is 4.34. The first-order valence-corrected chi connectivity index (χ1v) is 8.19. The number of nitrogens with zero attached hydrogens (tertiary/aromatic N) is 4. The first kappa shape index (κ1) is 16.5. The second-order valence-corrected chi connectivity index (χ2v) is 6.20. The van der Waals surface area contributed by atoms with E-state index in [2.05, 4.69) is 16.1 Å². The summed E-state index contributed by atoms with van der Waals surface area (Å²) in [6.45, 7) is 1.80. The van der Waals surface area contributed by atoms with Gasteiger partial charge in [-0.1, -0.05) is 0 Å². The SMILES string of the molecule is Cn1cc([C@@H]2CCCN2C[C@@H](O)COc2ccc(C#N)cc2)cn1. The van der Waals surface area contributed by atoms with Crippen molar-refractivity contribution in [1.29, 1.82) is 5.26 Å². The summed E-state index contributed by atoms with van der Waals surface area (Å²) in [5.41, 5.74) is 1.80. The summed E-state index contributed by atoms with van der Waals surface area (Å²) < 4.78 is 7.44. The zero-order valence-electron chi connectivity index (χ0n) is 13.8. The summed E-state index contributed by atoms with van der Waals surface area (Å²) in [5.74, 6) is 0.665. The van der Waals surface area contributed by atoms with Gasteiger partial charge in [-0.15, -0.1) is 0 Å². The quantitative estimate of drug-likeness (QED) is 0.877. The number of β-amino-alcohol motifs (C(OH)–C–C–N with tert-alkyl or cyclic N) is 1. The van der Waals surface area contributed by atoms with Gasteiger partial charge in [0.2, 0.25) is 0 Å². The van der Waals surface area contributed by atoms with E-state index in [1.807, 2.05) is 24.1 Å². The van der Waals surface area contributed by atoms with Crippen molar-refractivity contribution in [2.45, 2.75) is 25.0 Å². The summed E-state index contributed by atoms with van der Waals surface area (Å²) in [7, 11) is 1.92. The summed E-state index contributed by atoms with van der Waals surface area (Å²) in [6.07, 6.45) is 5.61. The van der Waals surface area contributed by atoms with Crippen LogP contribution in [0.2, 0.25) is 0 Å². The Morgan fingerprint density at radius 1 is 1.42 bits per heavy atom. The van der Waals surface area contributed by atoms with E-state index in [-0.39, 0.29) is 6.61 Å². The lowest BCUT2D eigenvalue weighted by Crippen LogP contribution is -2.35. The van der Waals surface area contributed by atoms with Gasteiger partial charge in [0.25, 0.3) is 0 Å². The van der Waals surface area contributed by atoms with Gasteiger partial charge in [-0.2, -0.15) is 10.4 Å². The first-order valence-electron chi connectivity index (χ1n) is 8.19. The molecule has 6 nitrogen and oxygen atoms in total. The van der Waals surface area contributed by atoms with Crippen LogP contribution in [0, 0.1) is 11.3 Å². The number of hydrogen-bond acceptors (Lipinski definition) is 5. The molecule has 0 radical (unpaired) electrons. The monoisotopic (exact) mass is 326 g/mol. The van der Waals surface area contributed by atoms with E-state index in [9.17, 15) is 5.11 Å². The van der Waals surface area contributed by atoms with Crippen LogP contribution in [0.15, 0.2) is 36.7 Å². The third kappa shape index (κ3) is 3.94. The molecular formula is C18H22N4O2. The Labute approximate surface area is 141 Å². The molecule has 0 amide bonds. The molecule has 1 aliphatic rings. The zero-order valence-corrected chi connectivity index (χ0v) is 13.8. The molecule has 0 unspecified atom stereocenters. The molecule has 1 saturated heterocycles. The number of aliphatic hydroxyl groups is 1. The highest BCUT2D eigenvalue weighted by Crippen LogP contribution is 2.31. The first-order chi connectivity index (χ1) is 11.7. The van der Waals surface area contributed by atoms with Gasteiger partial charge in [0.1, 0.15) is 18.5 Å². The molecule has 3 rings (SSSR count). The molecule has 24 heavy (non-hydrogen) atoms. The number of aliphatic hydroxyl groups excluding tert-OH is 1. The minimum atomic E-state index is -0.557. The van der Waals surface area contributed by atoms with Crippen LogP contribution in [0.3, 0.4) is 0 Å². The minimum absolute atomic E-state index is 0.238. The number of ether oxygens (including phenoxy) is 1. The smallest absolute Gasteiger partial charge is 0.119 e. The molecule has 1 aliphatic heterocycles. The fourth-order valence-electron chi connectivity index (χ4n) is 3.18. The van der Waals surface area contributed by atoms with Crippen molar-refractivity contribution in [2.24, 2.45) is 7.05 Å². The average Bonchev–Trinajstić information content (AvgIpc) is 3.22. The van der Waals surface area contributed by atoms with Crippen molar-refractivity contribution in [3.63, 3.8) is 0 Å². The maximum absolute atomic E-state index is 10.3. The highest BCUT2D eigenvalue weighted by molar-refractivity contribution is 5.34. The lowest BCUT2D eigenvalue weighted by atomic mass is 10.1. The Balaban J connectivity index is 1.52. The molecule has 126 valence electrons. The maximum atomic E-state index is 10.3. The van der Waals surface area contributed by atoms with Gasteiger partial charge >= 0.3 is 0 Å². The van der Waals surface area contributed by atoms with Crippen LogP contribution in [-0.4, -0.2) is 45.6 Å². The van der Waals surface area contributed by atoms with E-state index in [4.69, 9.17) is 10.00 Å². The van der Waals surface area contributed by atoms with Crippen molar-refractivity contribution >= 4 is 0 Å². The normalized spacial score (nSPS) is 19.1. The van der Waals surface area contributed by atoms with Gasteiger partial charge in [-0.05, 0) is 43.7 Å². The Bertz CT molecular complexity index is 705. The average molecular weight is 326 g/mol. The van der Waals surface area contributed by atoms with Crippen molar-refractivity contribution in [3.05, 3.63) is 47.8 Å². The molecule has 0 bridgehead atoms. The number of benzene rings is 1. The summed E-state index contributed by atoms with van der Waals surface area (Å²) in [5, 5.41) is 23.3. The van der Waals surface area contributed by atoms with Crippen molar-refractivity contribution in [3.8, 4) is 11.8 Å². The van der Waals surface area contributed by atoms with Gasteiger partial charge in [-0.3, -0.25) is 9.58 Å². The van der Waals surface area contributed by atoms with Crippen LogP contribution in [-0.2, 0) is 7.05 Å². The topological polar surface area (TPSA) is 74.3 Å². The molecule has 1 aromatic heterocycles. The van der Waals surface area contributed by atoms with Gasteiger partial charge in [0, 0.05) is 31.4 Å². The number of aromatic nitrogens is 2. The molecule has 2 atom stereocenters. The zero-order chi connectivity index (χ0) is 16.9. The number of likely N-dealkylation sites (tertiary alicyclic amines) is 1. The number of rotatable bonds is 6. The fraction of sp³-hybridized carbons (Fsp3) is 0.444. The van der Waals surface area contributed by atoms with Crippen LogP contribution in [0.25, 0.3) is 0 Å². The van der Waals surface area contributed by atoms with Crippen LogP contribution in [0.1, 0.15) is 30.0 Å². The molecule has 1 N–H and O–H groups in total. The van der Waals surface area contributed by atoms with Crippen LogP contribution in [0.4, 0.5) is 0 Å². The Kier molecular flexibility index (Phi) is 5.14. The van der Waals surface area contributed by atoms with Gasteiger partial charge in [0.15, 0.2) is 0 Å². The maximum Gasteiger partial charge on any atom is 0.119 e. The molecule has 0 spiro atoms. The van der Waals surface area contributed by atoms with E-state index < -0.39 is 6.10 Å². The van der Waals surface area contributed by atoms with E-state index in [0.717, 1.165) is 19.4 Å². The van der Waals surface area contributed by atoms with Gasteiger partial charge < -0.3 is 9.84 Å². The van der Waals surface area contributed by atoms with E-state index in [1.165, 1.54) is 5.56 Å². The Hall–Kier alpha value is -2.36. The molecule has 0 saturated carbocycles. The van der Waals surface area contributed by atoms with Crippen LogP contribution >= 0.6 is 0 Å². The summed E-state index contributed by atoms with van der Waals surface area (Å²) >= 11 is 0. The molecule has 2 aromatic rings. The fourth-order valence-corrected chi connectivity index (χ4v) is 3.18. The van der Waals surface area contributed by atoms with Crippen molar-refractivity contribution in [1.82, 2.24) is 14.7 Å². The summed E-state index contributed by atoms with van der Waals surface area (Å²) in [6, 6.07) is 9.31. The highest BCUT2D eigenvalue weighted by Gasteiger charge is 2.28. The molecule has 2 heterocycles. The third-order valence-electron chi connectivity index (χ3n) is 4.34. The van der Waals surface area contributed by atoms with E-state index in [0.29, 0.717) is 23.9 Å². The van der Waals surface area contributed by atoms with Gasteiger partial charge in [0.05, 0.1) is 17.8 Å². The molecule has 0 aliphatic carbocycles. The van der Waals surface area contributed by atoms with E-state index in [1.54, 1.807) is 24.3 Å². The lowest BCUT2D eigenvalue weighted by molar-refractivity contribution is 0.0638. The second kappa shape index (κ2) is 7.47. The Morgan fingerprint density at radius 2 is 2.21 bits per heavy atom. The number of nitriles is 1. The Morgan fingerprint density at radius 3 is 2.88 bits per heavy atom. The molecular weight excluding hydrogens is 304 g/mol. The molecule has 6 heteroatoms. The largest absolute Gasteiger partial charge is 0.491 e.